The van der Waals surface area contributed by atoms with Gasteiger partial charge < -0.3 is 14.4 Å². The molecule has 1 aliphatic rings. The maximum atomic E-state index is 12.3. The van der Waals surface area contributed by atoms with E-state index in [1.807, 2.05) is 47.4 Å². The number of aryl methyl sites for hydroxylation is 1. The first-order valence-electron chi connectivity index (χ1n) is 9.58. The van der Waals surface area contributed by atoms with E-state index in [-0.39, 0.29) is 5.91 Å². The Morgan fingerprint density at radius 2 is 1.48 bits per heavy atom. The number of benzene rings is 2. The summed E-state index contributed by atoms with van der Waals surface area (Å²) >= 11 is 0. The van der Waals surface area contributed by atoms with Gasteiger partial charge in [0.15, 0.2) is 0 Å². The van der Waals surface area contributed by atoms with Crippen LogP contribution in [0.15, 0.2) is 54.6 Å². The Balaban J connectivity index is 1.30. The highest BCUT2D eigenvalue weighted by molar-refractivity contribution is 5.76. The molecule has 3 rings (SSSR count). The van der Waals surface area contributed by atoms with Gasteiger partial charge in [0, 0.05) is 32.7 Å². The van der Waals surface area contributed by atoms with Crippen LogP contribution in [0.1, 0.15) is 12.0 Å². The fraction of sp³-hybridized carbons (Fsp3) is 0.409. The van der Waals surface area contributed by atoms with Gasteiger partial charge in [0.1, 0.15) is 18.1 Å². The van der Waals surface area contributed by atoms with E-state index in [2.05, 4.69) is 24.0 Å². The summed E-state index contributed by atoms with van der Waals surface area (Å²) in [7, 11) is 0. The first kappa shape index (κ1) is 19.2. The molecule has 2 aromatic carbocycles. The molecule has 5 heteroatoms. The first-order chi connectivity index (χ1) is 13.2. The molecule has 0 bridgehead atoms. The minimum Gasteiger partial charge on any atom is -0.493 e. The van der Waals surface area contributed by atoms with Crippen LogP contribution in [0.2, 0.25) is 0 Å². The van der Waals surface area contributed by atoms with E-state index < -0.39 is 0 Å². The molecule has 5 nitrogen and oxygen atoms in total. The van der Waals surface area contributed by atoms with E-state index in [1.54, 1.807) is 0 Å². The SMILES string of the molecule is Cc1ccc(OCCN2CCN(C(=O)CCOc3ccccc3)CC2)cc1. The summed E-state index contributed by atoms with van der Waals surface area (Å²) in [5.74, 6) is 1.89. The molecule has 27 heavy (non-hydrogen) atoms. The van der Waals surface area contributed by atoms with E-state index in [0.29, 0.717) is 19.6 Å². The van der Waals surface area contributed by atoms with Crippen molar-refractivity contribution in [3.05, 3.63) is 60.2 Å². The number of amides is 1. The summed E-state index contributed by atoms with van der Waals surface area (Å²) in [5.41, 5.74) is 1.23. The second-order valence-corrected chi connectivity index (χ2v) is 6.80. The minimum absolute atomic E-state index is 0.168. The number of piperazine rings is 1. The van der Waals surface area contributed by atoms with Crippen LogP contribution in [0.3, 0.4) is 0 Å². The molecule has 1 heterocycles. The van der Waals surface area contributed by atoms with Crippen molar-refractivity contribution in [3.8, 4) is 11.5 Å². The number of hydrogen-bond acceptors (Lipinski definition) is 4. The van der Waals surface area contributed by atoms with Gasteiger partial charge in [-0.3, -0.25) is 9.69 Å². The standard InChI is InChI=1S/C22H28N2O3/c1-19-7-9-21(10-8-19)27-18-16-23-12-14-24(15-13-23)22(25)11-17-26-20-5-3-2-4-6-20/h2-10H,11-18H2,1H3. The number of hydrogen-bond donors (Lipinski definition) is 0. The Hall–Kier alpha value is -2.53. The zero-order valence-corrected chi connectivity index (χ0v) is 16.0. The van der Waals surface area contributed by atoms with Gasteiger partial charge in [-0.1, -0.05) is 35.9 Å². The molecule has 1 fully saturated rings. The fourth-order valence-corrected chi connectivity index (χ4v) is 3.08. The molecule has 0 unspecified atom stereocenters. The molecule has 0 saturated carbocycles. The zero-order chi connectivity index (χ0) is 18.9. The van der Waals surface area contributed by atoms with Crippen molar-refractivity contribution in [2.75, 3.05) is 45.9 Å². The molecule has 0 atom stereocenters. The molecule has 1 amide bonds. The van der Waals surface area contributed by atoms with Crippen LogP contribution < -0.4 is 9.47 Å². The van der Waals surface area contributed by atoms with Crippen molar-refractivity contribution in [3.63, 3.8) is 0 Å². The third-order valence-electron chi connectivity index (χ3n) is 4.75. The second kappa shape index (κ2) is 9.97. The average molecular weight is 368 g/mol. The van der Waals surface area contributed by atoms with Crippen LogP contribution in [-0.2, 0) is 4.79 Å². The molecule has 0 spiro atoms. The van der Waals surface area contributed by atoms with Gasteiger partial charge in [-0.05, 0) is 31.2 Å². The van der Waals surface area contributed by atoms with Crippen molar-refractivity contribution in [1.29, 1.82) is 0 Å². The van der Waals surface area contributed by atoms with E-state index in [0.717, 1.165) is 44.2 Å². The molecule has 0 radical (unpaired) electrons. The Bertz CT molecular complexity index is 695. The number of para-hydroxylation sites is 1. The van der Waals surface area contributed by atoms with Crippen molar-refractivity contribution < 1.29 is 14.3 Å². The van der Waals surface area contributed by atoms with Gasteiger partial charge in [0.2, 0.25) is 5.91 Å². The van der Waals surface area contributed by atoms with Crippen molar-refractivity contribution in [1.82, 2.24) is 9.80 Å². The third kappa shape index (κ3) is 6.29. The lowest BCUT2D eigenvalue weighted by Gasteiger charge is -2.34. The van der Waals surface area contributed by atoms with Crippen molar-refractivity contribution in [2.45, 2.75) is 13.3 Å². The van der Waals surface area contributed by atoms with Gasteiger partial charge in [-0.25, -0.2) is 0 Å². The van der Waals surface area contributed by atoms with Gasteiger partial charge >= 0.3 is 0 Å². The van der Waals surface area contributed by atoms with Crippen molar-refractivity contribution >= 4 is 5.91 Å². The number of ether oxygens (including phenoxy) is 2. The average Bonchev–Trinajstić information content (AvgIpc) is 2.71. The van der Waals surface area contributed by atoms with E-state index >= 15 is 0 Å². The van der Waals surface area contributed by atoms with Crippen LogP contribution in [0.4, 0.5) is 0 Å². The molecule has 1 aliphatic heterocycles. The number of carbonyl (C=O) groups excluding carboxylic acids is 1. The Morgan fingerprint density at radius 3 is 2.19 bits per heavy atom. The lowest BCUT2D eigenvalue weighted by Crippen LogP contribution is -2.49. The van der Waals surface area contributed by atoms with Gasteiger partial charge in [0.05, 0.1) is 13.0 Å². The van der Waals surface area contributed by atoms with Crippen LogP contribution in [-0.4, -0.2) is 61.6 Å². The van der Waals surface area contributed by atoms with Crippen molar-refractivity contribution in [2.24, 2.45) is 0 Å². The van der Waals surface area contributed by atoms with E-state index in [4.69, 9.17) is 9.47 Å². The Kier molecular flexibility index (Phi) is 7.11. The Morgan fingerprint density at radius 1 is 0.852 bits per heavy atom. The molecular formula is C22H28N2O3. The predicted octanol–water partition coefficient (Wildman–Crippen LogP) is 2.99. The quantitative estimate of drug-likeness (QED) is 0.718. The molecule has 1 saturated heterocycles. The Labute approximate surface area is 161 Å². The topological polar surface area (TPSA) is 42.0 Å². The minimum atomic E-state index is 0.168. The van der Waals surface area contributed by atoms with Crippen LogP contribution in [0.5, 0.6) is 11.5 Å². The van der Waals surface area contributed by atoms with Crippen LogP contribution in [0, 0.1) is 6.92 Å². The van der Waals surface area contributed by atoms with E-state index in [1.165, 1.54) is 5.56 Å². The lowest BCUT2D eigenvalue weighted by atomic mass is 10.2. The van der Waals surface area contributed by atoms with Gasteiger partial charge in [0.25, 0.3) is 0 Å². The normalized spacial score (nSPS) is 14.8. The summed E-state index contributed by atoms with van der Waals surface area (Å²) in [6.45, 7) is 7.37. The lowest BCUT2D eigenvalue weighted by molar-refractivity contribution is -0.133. The summed E-state index contributed by atoms with van der Waals surface area (Å²) in [5, 5.41) is 0. The molecule has 2 aromatic rings. The molecule has 144 valence electrons. The second-order valence-electron chi connectivity index (χ2n) is 6.80. The molecule has 0 aromatic heterocycles. The number of rotatable bonds is 8. The fourth-order valence-electron chi connectivity index (χ4n) is 3.08. The van der Waals surface area contributed by atoms with E-state index in [9.17, 15) is 4.79 Å². The number of carbonyl (C=O) groups is 1. The summed E-state index contributed by atoms with van der Waals surface area (Å²) in [6, 6.07) is 17.7. The van der Waals surface area contributed by atoms with Gasteiger partial charge in [-0.2, -0.15) is 0 Å². The summed E-state index contributed by atoms with van der Waals surface area (Å²) in [4.78, 5) is 16.6. The monoisotopic (exact) mass is 368 g/mol. The highest BCUT2D eigenvalue weighted by Gasteiger charge is 2.20. The summed E-state index contributed by atoms with van der Waals surface area (Å²) < 4.78 is 11.4. The third-order valence-corrected chi connectivity index (χ3v) is 4.75. The molecular weight excluding hydrogens is 340 g/mol. The van der Waals surface area contributed by atoms with Crippen LogP contribution in [0.25, 0.3) is 0 Å². The number of nitrogens with zero attached hydrogens (tertiary/aromatic N) is 2. The highest BCUT2D eigenvalue weighted by Crippen LogP contribution is 2.12. The maximum Gasteiger partial charge on any atom is 0.226 e. The smallest absolute Gasteiger partial charge is 0.226 e. The summed E-state index contributed by atoms with van der Waals surface area (Å²) in [6.07, 6.45) is 0.422. The highest BCUT2D eigenvalue weighted by atomic mass is 16.5. The first-order valence-corrected chi connectivity index (χ1v) is 9.58. The zero-order valence-electron chi connectivity index (χ0n) is 16.0. The predicted molar refractivity (Wildman–Crippen MR) is 106 cm³/mol. The van der Waals surface area contributed by atoms with Crippen LogP contribution >= 0.6 is 0 Å². The maximum absolute atomic E-state index is 12.3. The molecule has 0 aliphatic carbocycles. The largest absolute Gasteiger partial charge is 0.493 e. The van der Waals surface area contributed by atoms with Gasteiger partial charge in [-0.15, -0.1) is 0 Å². The molecule has 0 N–H and O–H groups in total.